The zero-order chi connectivity index (χ0) is 17.7. The molecule has 0 bridgehead atoms. The molecule has 2 aromatic carbocycles. The number of hydrogen-bond donors (Lipinski definition) is 2. The van der Waals surface area contributed by atoms with Crippen LogP contribution in [0, 0.1) is 0 Å². The number of benzene rings is 2. The van der Waals surface area contributed by atoms with Gasteiger partial charge in [-0.1, -0.05) is 35.9 Å². The molecule has 5 nitrogen and oxygen atoms in total. The van der Waals surface area contributed by atoms with Gasteiger partial charge >= 0.3 is 5.97 Å². The Morgan fingerprint density at radius 1 is 1.08 bits per heavy atom. The van der Waals surface area contributed by atoms with Crippen molar-refractivity contribution in [3.63, 3.8) is 0 Å². The first-order valence-corrected chi connectivity index (χ1v) is 7.54. The predicted octanol–water partition coefficient (Wildman–Crippen LogP) is 3.26. The maximum Gasteiger partial charge on any atom is 0.352 e. The lowest BCUT2D eigenvalue weighted by Crippen LogP contribution is -2.27. The first kappa shape index (κ1) is 17.6. The maximum absolute atomic E-state index is 12.2. The van der Waals surface area contributed by atoms with Crippen molar-refractivity contribution in [2.75, 3.05) is 19.0 Å². The lowest BCUT2D eigenvalue weighted by atomic mass is 10.1. The largest absolute Gasteiger partial charge is 0.477 e. The molecule has 1 amide bonds. The smallest absolute Gasteiger partial charge is 0.352 e. The van der Waals surface area contributed by atoms with Gasteiger partial charge in [0.15, 0.2) is 0 Å². The molecule has 0 saturated carbocycles. The van der Waals surface area contributed by atoms with Gasteiger partial charge in [0, 0.05) is 19.8 Å². The summed E-state index contributed by atoms with van der Waals surface area (Å²) < 4.78 is 0. The predicted molar refractivity (Wildman–Crippen MR) is 95.3 cm³/mol. The fraction of sp³-hybridized carbons (Fsp3) is 0.111. The summed E-state index contributed by atoms with van der Waals surface area (Å²) >= 11 is 5.96. The number of amides is 1. The fourth-order valence-electron chi connectivity index (χ4n) is 2.02. The summed E-state index contributed by atoms with van der Waals surface area (Å²) in [4.78, 5) is 25.5. The molecule has 24 heavy (non-hydrogen) atoms. The molecule has 0 heterocycles. The molecule has 0 aliphatic carbocycles. The van der Waals surface area contributed by atoms with Crippen LogP contribution < -0.4 is 10.2 Å². The molecule has 6 heteroatoms. The highest BCUT2D eigenvalue weighted by Gasteiger charge is 2.15. The standard InChI is InChI=1S/C18H17ClN2O3/c1-21(2)13-9-7-12(8-10-13)11-16(18(23)24)20-17(22)14-5-3-4-6-15(14)19/h3-11H,1-2H3,(H,20,22)(H,23,24)/b16-11-. The average Bonchev–Trinajstić information content (AvgIpc) is 2.54. The molecule has 0 aromatic heterocycles. The van der Waals surface area contributed by atoms with E-state index in [1.807, 2.05) is 31.1 Å². The zero-order valence-electron chi connectivity index (χ0n) is 13.3. The van der Waals surface area contributed by atoms with E-state index < -0.39 is 11.9 Å². The Labute approximate surface area is 145 Å². The first-order valence-electron chi connectivity index (χ1n) is 7.16. The molecular formula is C18H17ClN2O3. The molecule has 0 aliphatic heterocycles. The van der Waals surface area contributed by atoms with E-state index in [0.29, 0.717) is 5.56 Å². The lowest BCUT2D eigenvalue weighted by Gasteiger charge is -2.12. The normalized spacial score (nSPS) is 11.0. The number of carbonyl (C=O) groups excluding carboxylic acids is 1. The number of halogens is 1. The summed E-state index contributed by atoms with van der Waals surface area (Å²) in [5, 5.41) is 12.0. The molecule has 0 fully saturated rings. The van der Waals surface area contributed by atoms with Gasteiger partial charge in [-0.2, -0.15) is 0 Å². The highest BCUT2D eigenvalue weighted by molar-refractivity contribution is 6.34. The van der Waals surface area contributed by atoms with Crippen LogP contribution in [0.3, 0.4) is 0 Å². The third kappa shape index (κ3) is 4.36. The fourth-order valence-corrected chi connectivity index (χ4v) is 2.24. The van der Waals surface area contributed by atoms with Gasteiger partial charge in [-0.3, -0.25) is 4.79 Å². The molecule has 0 radical (unpaired) electrons. The molecule has 124 valence electrons. The highest BCUT2D eigenvalue weighted by atomic mass is 35.5. The molecule has 0 aliphatic rings. The van der Waals surface area contributed by atoms with Crippen molar-refractivity contribution in [1.29, 1.82) is 0 Å². The average molecular weight is 345 g/mol. The number of aliphatic carboxylic acids is 1. The number of carbonyl (C=O) groups is 2. The number of rotatable bonds is 5. The van der Waals surface area contributed by atoms with Crippen molar-refractivity contribution in [1.82, 2.24) is 5.32 Å². The third-order valence-electron chi connectivity index (χ3n) is 3.32. The van der Waals surface area contributed by atoms with Crippen molar-refractivity contribution in [3.05, 3.63) is 70.4 Å². The van der Waals surface area contributed by atoms with Crippen molar-refractivity contribution in [2.24, 2.45) is 0 Å². The van der Waals surface area contributed by atoms with Gasteiger partial charge in [0.1, 0.15) is 5.70 Å². The van der Waals surface area contributed by atoms with Gasteiger partial charge in [0.05, 0.1) is 10.6 Å². The van der Waals surface area contributed by atoms with E-state index in [1.165, 1.54) is 12.1 Å². The van der Waals surface area contributed by atoms with Crippen molar-refractivity contribution >= 4 is 35.2 Å². The molecule has 2 aromatic rings. The van der Waals surface area contributed by atoms with Crippen LogP contribution in [0.4, 0.5) is 5.69 Å². The number of carboxylic acids is 1. The molecule has 2 rings (SSSR count). The summed E-state index contributed by atoms with van der Waals surface area (Å²) in [7, 11) is 3.83. The Balaban J connectivity index is 2.24. The van der Waals surface area contributed by atoms with Crippen molar-refractivity contribution < 1.29 is 14.7 Å². The van der Waals surface area contributed by atoms with Crippen LogP contribution in [-0.2, 0) is 4.79 Å². The monoisotopic (exact) mass is 344 g/mol. The Hall–Kier alpha value is -2.79. The van der Waals surface area contributed by atoms with Crippen LogP contribution >= 0.6 is 11.6 Å². The van der Waals surface area contributed by atoms with E-state index in [4.69, 9.17) is 11.6 Å². The van der Waals surface area contributed by atoms with Crippen LogP contribution in [-0.4, -0.2) is 31.1 Å². The van der Waals surface area contributed by atoms with E-state index in [0.717, 1.165) is 5.69 Å². The van der Waals surface area contributed by atoms with E-state index in [-0.39, 0.29) is 16.3 Å². The van der Waals surface area contributed by atoms with Crippen LogP contribution in [0.25, 0.3) is 6.08 Å². The summed E-state index contributed by atoms with van der Waals surface area (Å²) in [5.41, 5.74) is 1.65. The number of nitrogens with one attached hydrogen (secondary N) is 1. The third-order valence-corrected chi connectivity index (χ3v) is 3.65. The molecule has 2 N–H and O–H groups in total. The SMILES string of the molecule is CN(C)c1ccc(/C=C(\NC(=O)c2ccccc2Cl)C(=O)O)cc1. The summed E-state index contributed by atoms with van der Waals surface area (Å²) in [6.07, 6.45) is 1.40. The quantitative estimate of drug-likeness (QED) is 0.817. The van der Waals surface area contributed by atoms with Gasteiger partial charge in [-0.15, -0.1) is 0 Å². The zero-order valence-corrected chi connectivity index (χ0v) is 14.0. The van der Waals surface area contributed by atoms with Gasteiger partial charge in [-0.05, 0) is 35.9 Å². The molecule has 0 spiro atoms. The van der Waals surface area contributed by atoms with Crippen LogP contribution in [0.15, 0.2) is 54.2 Å². The number of hydrogen-bond acceptors (Lipinski definition) is 3. The second-order valence-electron chi connectivity index (χ2n) is 5.28. The maximum atomic E-state index is 12.2. The minimum atomic E-state index is -1.23. The lowest BCUT2D eigenvalue weighted by molar-refractivity contribution is -0.132. The van der Waals surface area contributed by atoms with Crippen molar-refractivity contribution in [2.45, 2.75) is 0 Å². The number of carboxylic acid groups (broad SMARTS) is 1. The van der Waals surface area contributed by atoms with Gasteiger partial charge in [-0.25, -0.2) is 4.79 Å². The summed E-state index contributed by atoms with van der Waals surface area (Å²) in [5.74, 6) is -1.80. The van der Waals surface area contributed by atoms with Crippen LogP contribution in [0.5, 0.6) is 0 Å². The minimum Gasteiger partial charge on any atom is -0.477 e. The summed E-state index contributed by atoms with van der Waals surface area (Å²) in [6, 6.07) is 13.7. The number of anilines is 1. The van der Waals surface area contributed by atoms with E-state index in [1.54, 1.807) is 30.3 Å². The molecule has 0 unspecified atom stereocenters. The Morgan fingerprint density at radius 2 is 1.71 bits per heavy atom. The Morgan fingerprint density at radius 3 is 2.25 bits per heavy atom. The van der Waals surface area contributed by atoms with Gasteiger partial charge in [0.2, 0.25) is 0 Å². The summed E-state index contributed by atoms with van der Waals surface area (Å²) in [6.45, 7) is 0. The minimum absolute atomic E-state index is 0.217. The van der Waals surface area contributed by atoms with E-state index in [2.05, 4.69) is 5.32 Å². The topological polar surface area (TPSA) is 69.6 Å². The molecule has 0 atom stereocenters. The Kier molecular flexibility index (Phi) is 5.60. The van der Waals surface area contributed by atoms with Crippen LogP contribution in [0.1, 0.15) is 15.9 Å². The van der Waals surface area contributed by atoms with E-state index >= 15 is 0 Å². The molecular weight excluding hydrogens is 328 g/mol. The van der Waals surface area contributed by atoms with E-state index in [9.17, 15) is 14.7 Å². The van der Waals surface area contributed by atoms with Gasteiger partial charge in [0.25, 0.3) is 5.91 Å². The number of nitrogens with zero attached hydrogens (tertiary/aromatic N) is 1. The van der Waals surface area contributed by atoms with Crippen molar-refractivity contribution in [3.8, 4) is 0 Å². The second kappa shape index (κ2) is 7.66. The second-order valence-corrected chi connectivity index (χ2v) is 5.69. The van der Waals surface area contributed by atoms with Gasteiger partial charge < -0.3 is 15.3 Å². The highest BCUT2D eigenvalue weighted by Crippen LogP contribution is 2.17. The first-order chi connectivity index (χ1) is 11.4. The van der Waals surface area contributed by atoms with Crippen LogP contribution in [0.2, 0.25) is 5.02 Å². The Bertz CT molecular complexity index is 783. The molecule has 0 saturated heterocycles.